The predicted molar refractivity (Wildman–Crippen MR) is 205 cm³/mol. The maximum absolute atomic E-state index is 11.8. The summed E-state index contributed by atoms with van der Waals surface area (Å²) in [6.07, 6.45) is 11.6. The van der Waals surface area contributed by atoms with Crippen molar-refractivity contribution in [3.05, 3.63) is 0 Å². The number of hydrogen-bond donors (Lipinski definition) is 0. The van der Waals surface area contributed by atoms with E-state index in [1.54, 1.807) is 7.11 Å². The molecule has 0 saturated carbocycles. The van der Waals surface area contributed by atoms with E-state index in [1.165, 1.54) is 44.9 Å². The Morgan fingerprint density at radius 3 is 0.778 bits per heavy atom. The maximum atomic E-state index is 11.8. The first-order valence-electron chi connectivity index (χ1n) is 20.4. The van der Waals surface area contributed by atoms with Gasteiger partial charge in [0.05, 0.1) is 165 Å². The van der Waals surface area contributed by atoms with Crippen molar-refractivity contribution in [2.75, 3.05) is 179 Å². The molecule has 324 valence electrons. The molecule has 0 aliphatic rings. The summed E-state index contributed by atoms with van der Waals surface area (Å²) in [6.45, 7) is 15.2. The molecule has 54 heavy (non-hydrogen) atoms. The van der Waals surface area contributed by atoms with E-state index < -0.39 is 0 Å². The Morgan fingerprint density at radius 1 is 0.296 bits per heavy atom. The molecule has 0 aliphatic heterocycles. The van der Waals surface area contributed by atoms with Gasteiger partial charge in [0.1, 0.15) is 6.61 Å². The smallest absolute Gasteiger partial charge is 0.305 e. The fourth-order valence-electron chi connectivity index (χ4n) is 4.53. The third-order valence-electron chi connectivity index (χ3n) is 7.50. The summed E-state index contributed by atoms with van der Waals surface area (Å²) in [7, 11) is 1.64. The standard InChI is InChI=1S/C39H78O15/c1-3-4-5-6-7-8-9-10-11-12-39(40)54-38-37-53-36-35-52-34-33-51-32-31-50-30-29-49-28-27-48-26-25-47-24-23-46-22-21-45-20-19-44-18-17-43-16-15-42-14-13-41-2/h3-38H2,1-2H3. The van der Waals surface area contributed by atoms with Gasteiger partial charge in [-0.2, -0.15) is 0 Å². The molecule has 15 heteroatoms. The van der Waals surface area contributed by atoms with Gasteiger partial charge in [0.2, 0.25) is 0 Å². The minimum Gasteiger partial charge on any atom is -0.463 e. The van der Waals surface area contributed by atoms with Crippen molar-refractivity contribution < 1.29 is 71.1 Å². The lowest BCUT2D eigenvalue weighted by molar-refractivity contribution is -0.145. The second kappa shape index (κ2) is 50.0. The SMILES string of the molecule is CCCCCCCCCCCC(=O)OCCOCCOCCOCCOCCOCCOCCOCCOCCOCCOCCOCCOCCOC. The summed E-state index contributed by atoms with van der Waals surface area (Å²) in [5.74, 6) is -0.138. The number of rotatable bonds is 49. The van der Waals surface area contributed by atoms with Crippen LogP contribution >= 0.6 is 0 Å². The molecule has 0 fully saturated rings. The van der Waals surface area contributed by atoms with Crippen LogP contribution in [-0.4, -0.2) is 185 Å². The highest BCUT2D eigenvalue weighted by molar-refractivity contribution is 5.69. The monoisotopic (exact) mass is 787 g/mol. The number of unbranched alkanes of at least 4 members (excludes halogenated alkanes) is 8. The fraction of sp³-hybridized carbons (Fsp3) is 0.974. The largest absolute Gasteiger partial charge is 0.463 e. The van der Waals surface area contributed by atoms with Gasteiger partial charge in [-0.1, -0.05) is 58.3 Å². The average Bonchev–Trinajstić information content (AvgIpc) is 3.18. The van der Waals surface area contributed by atoms with Crippen LogP contribution in [0.5, 0.6) is 0 Å². The molecule has 0 aromatic heterocycles. The molecule has 15 nitrogen and oxygen atoms in total. The van der Waals surface area contributed by atoms with Crippen molar-refractivity contribution >= 4 is 5.97 Å². The van der Waals surface area contributed by atoms with Crippen LogP contribution in [-0.2, 0) is 71.1 Å². The van der Waals surface area contributed by atoms with E-state index in [0.29, 0.717) is 172 Å². The molecule has 0 saturated heterocycles. The highest BCUT2D eigenvalue weighted by atomic mass is 16.6. The number of carbonyl (C=O) groups is 1. The lowest BCUT2D eigenvalue weighted by Gasteiger charge is -2.09. The van der Waals surface area contributed by atoms with E-state index in [9.17, 15) is 4.79 Å². The van der Waals surface area contributed by atoms with Crippen LogP contribution < -0.4 is 0 Å². The van der Waals surface area contributed by atoms with E-state index in [1.807, 2.05) is 0 Å². The van der Waals surface area contributed by atoms with Gasteiger partial charge in [-0.3, -0.25) is 4.79 Å². The first-order valence-corrected chi connectivity index (χ1v) is 20.4. The minimum atomic E-state index is -0.138. The molecular weight excluding hydrogens is 708 g/mol. The molecule has 0 radical (unpaired) electrons. The van der Waals surface area contributed by atoms with Crippen LogP contribution in [0.2, 0.25) is 0 Å². The average molecular weight is 787 g/mol. The van der Waals surface area contributed by atoms with E-state index in [-0.39, 0.29) is 12.6 Å². The van der Waals surface area contributed by atoms with Crippen molar-refractivity contribution in [3.63, 3.8) is 0 Å². The van der Waals surface area contributed by atoms with Crippen LogP contribution in [0.15, 0.2) is 0 Å². The number of carbonyl (C=O) groups excluding carboxylic acids is 1. The Kier molecular flexibility index (Phi) is 49.0. The van der Waals surface area contributed by atoms with E-state index in [2.05, 4.69) is 6.92 Å². The van der Waals surface area contributed by atoms with Crippen molar-refractivity contribution in [1.82, 2.24) is 0 Å². The second-order valence-corrected chi connectivity index (χ2v) is 12.1. The molecule has 0 spiro atoms. The molecule has 0 aromatic carbocycles. The number of methoxy groups -OCH3 is 1. The first-order chi connectivity index (χ1) is 26.8. The predicted octanol–water partition coefficient (Wildman–Crippen LogP) is 4.30. The molecule has 0 aliphatic carbocycles. The Labute approximate surface area is 326 Å². The molecule has 0 unspecified atom stereocenters. The Bertz CT molecular complexity index is 692. The summed E-state index contributed by atoms with van der Waals surface area (Å²) in [5.41, 5.74) is 0. The highest BCUT2D eigenvalue weighted by Crippen LogP contribution is 2.10. The quantitative estimate of drug-likeness (QED) is 0.0638. The van der Waals surface area contributed by atoms with Gasteiger partial charge in [0.25, 0.3) is 0 Å². The third-order valence-corrected chi connectivity index (χ3v) is 7.50. The van der Waals surface area contributed by atoms with Gasteiger partial charge >= 0.3 is 5.97 Å². The van der Waals surface area contributed by atoms with Gasteiger partial charge in [0, 0.05) is 13.5 Å². The van der Waals surface area contributed by atoms with Gasteiger partial charge in [-0.15, -0.1) is 0 Å². The van der Waals surface area contributed by atoms with E-state index in [4.69, 9.17) is 66.3 Å². The first kappa shape index (κ1) is 53.0. The van der Waals surface area contributed by atoms with Crippen LogP contribution in [0.25, 0.3) is 0 Å². The minimum absolute atomic E-state index is 0.138. The zero-order valence-electron chi connectivity index (χ0n) is 34.1. The van der Waals surface area contributed by atoms with Crippen LogP contribution in [0, 0.1) is 0 Å². The zero-order chi connectivity index (χ0) is 38.9. The summed E-state index contributed by atoms with van der Waals surface area (Å²) in [6, 6.07) is 0. The van der Waals surface area contributed by atoms with Gasteiger partial charge in [-0.25, -0.2) is 0 Å². The lowest BCUT2D eigenvalue weighted by atomic mass is 10.1. The molecule has 0 bridgehead atoms. The summed E-state index contributed by atoms with van der Waals surface area (Å²) in [4.78, 5) is 11.8. The van der Waals surface area contributed by atoms with Crippen molar-refractivity contribution in [3.8, 4) is 0 Å². The van der Waals surface area contributed by atoms with Crippen LogP contribution in [0.4, 0.5) is 0 Å². The number of hydrogen-bond acceptors (Lipinski definition) is 15. The molecule has 0 atom stereocenters. The Balaban J connectivity index is 3.10. The van der Waals surface area contributed by atoms with Gasteiger partial charge in [-0.05, 0) is 6.42 Å². The molecule has 0 heterocycles. The molecule has 0 aromatic rings. The summed E-state index contributed by atoms with van der Waals surface area (Å²) >= 11 is 0. The molecule has 0 N–H and O–H groups in total. The third kappa shape index (κ3) is 49.0. The Hall–Kier alpha value is -1.05. The second-order valence-electron chi connectivity index (χ2n) is 12.1. The molecular formula is C39H78O15. The fourth-order valence-corrected chi connectivity index (χ4v) is 4.53. The summed E-state index contributed by atoms with van der Waals surface area (Å²) in [5, 5.41) is 0. The zero-order valence-corrected chi connectivity index (χ0v) is 34.1. The van der Waals surface area contributed by atoms with Gasteiger partial charge in [0.15, 0.2) is 0 Å². The lowest BCUT2D eigenvalue weighted by Crippen LogP contribution is -2.16. The topological polar surface area (TPSA) is 146 Å². The summed E-state index contributed by atoms with van der Waals surface area (Å²) < 4.78 is 75.6. The van der Waals surface area contributed by atoms with E-state index in [0.717, 1.165) is 12.8 Å². The van der Waals surface area contributed by atoms with Crippen molar-refractivity contribution in [2.24, 2.45) is 0 Å². The highest BCUT2D eigenvalue weighted by Gasteiger charge is 2.03. The Morgan fingerprint density at radius 2 is 0.519 bits per heavy atom. The molecule has 0 rings (SSSR count). The normalized spacial score (nSPS) is 11.5. The van der Waals surface area contributed by atoms with Crippen LogP contribution in [0.3, 0.4) is 0 Å². The van der Waals surface area contributed by atoms with E-state index >= 15 is 0 Å². The van der Waals surface area contributed by atoms with Crippen molar-refractivity contribution in [1.29, 1.82) is 0 Å². The number of esters is 1. The number of ether oxygens (including phenoxy) is 14. The molecule has 0 amide bonds. The maximum Gasteiger partial charge on any atom is 0.305 e. The van der Waals surface area contributed by atoms with Crippen molar-refractivity contribution in [2.45, 2.75) is 71.1 Å². The van der Waals surface area contributed by atoms with Crippen LogP contribution in [0.1, 0.15) is 71.1 Å². The van der Waals surface area contributed by atoms with Gasteiger partial charge < -0.3 is 66.3 Å².